The Morgan fingerprint density at radius 2 is 2.10 bits per heavy atom. The smallest absolute Gasteiger partial charge is 0.260 e. The molecule has 1 aromatic carbocycles. The lowest BCUT2D eigenvalue weighted by Crippen LogP contribution is -2.32. The largest absolute Gasteiger partial charge is 0.386 e. The summed E-state index contributed by atoms with van der Waals surface area (Å²) in [6.45, 7) is 2.76. The van der Waals surface area contributed by atoms with E-state index in [1.54, 1.807) is 6.21 Å². The van der Waals surface area contributed by atoms with Crippen LogP contribution in [0.2, 0.25) is 0 Å². The summed E-state index contributed by atoms with van der Waals surface area (Å²) in [7, 11) is 0. The maximum atomic E-state index is 11.7. The second kappa shape index (κ2) is 8.45. The Hall–Kier alpha value is -1.84. The first-order valence-electron chi connectivity index (χ1n) is 7.73. The Balaban J connectivity index is 1.63. The maximum Gasteiger partial charge on any atom is 0.260 e. The first-order valence-corrected chi connectivity index (χ1v) is 7.73. The summed E-state index contributed by atoms with van der Waals surface area (Å²) in [5, 5.41) is 6.78. The van der Waals surface area contributed by atoms with Crippen molar-refractivity contribution in [1.82, 2.24) is 5.32 Å². The average molecular weight is 288 g/mol. The number of carbonyl (C=O) groups excluding carboxylic acids is 1. The van der Waals surface area contributed by atoms with E-state index in [1.807, 2.05) is 31.2 Å². The third-order valence-electron chi connectivity index (χ3n) is 3.96. The Morgan fingerprint density at radius 3 is 2.86 bits per heavy atom. The highest BCUT2D eigenvalue weighted by Gasteiger charge is 2.14. The highest BCUT2D eigenvalue weighted by atomic mass is 16.6. The van der Waals surface area contributed by atoms with Gasteiger partial charge in [0.25, 0.3) is 5.91 Å². The van der Waals surface area contributed by atoms with E-state index < -0.39 is 0 Å². The third-order valence-corrected chi connectivity index (χ3v) is 3.96. The first kappa shape index (κ1) is 15.5. The molecule has 1 saturated carbocycles. The molecule has 0 aliphatic heterocycles. The number of amides is 1. The van der Waals surface area contributed by atoms with Crippen LogP contribution in [0.15, 0.2) is 29.4 Å². The van der Waals surface area contributed by atoms with Gasteiger partial charge in [0.05, 0.1) is 6.21 Å². The molecule has 2 rings (SSSR count). The van der Waals surface area contributed by atoms with Gasteiger partial charge in [-0.1, -0.05) is 48.7 Å². The lowest BCUT2D eigenvalue weighted by molar-refractivity contribution is -0.125. The van der Waals surface area contributed by atoms with Crippen molar-refractivity contribution in [2.45, 2.75) is 39.0 Å². The van der Waals surface area contributed by atoms with Gasteiger partial charge >= 0.3 is 0 Å². The molecule has 0 bridgehead atoms. The zero-order valence-corrected chi connectivity index (χ0v) is 12.7. The quantitative estimate of drug-likeness (QED) is 0.646. The maximum absolute atomic E-state index is 11.7. The second-order valence-electron chi connectivity index (χ2n) is 5.67. The van der Waals surface area contributed by atoms with E-state index in [4.69, 9.17) is 4.84 Å². The van der Waals surface area contributed by atoms with E-state index in [1.165, 1.54) is 32.1 Å². The summed E-state index contributed by atoms with van der Waals surface area (Å²) in [5.74, 6) is 0.542. The summed E-state index contributed by atoms with van der Waals surface area (Å²) in [5.41, 5.74) is 2.13. The molecule has 0 spiro atoms. The molecule has 0 heterocycles. The molecule has 0 aromatic heterocycles. The van der Waals surface area contributed by atoms with E-state index in [9.17, 15) is 4.79 Å². The minimum Gasteiger partial charge on any atom is -0.386 e. The molecule has 1 aromatic rings. The van der Waals surface area contributed by atoms with Gasteiger partial charge in [-0.25, -0.2) is 0 Å². The molecule has 4 nitrogen and oxygen atoms in total. The Labute approximate surface area is 126 Å². The zero-order valence-electron chi connectivity index (χ0n) is 12.7. The van der Waals surface area contributed by atoms with E-state index in [-0.39, 0.29) is 12.5 Å². The van der Waals surface area contributed by atoms with E-state index in [0.29, 0.717) is 5.92 Å². The van der Waals surface area contributed by atoms with Crippen LogP contribution >= 0.6 is 0 Å². The van der Waals surface area contributed by atoms with Crippen LogP contribution in [0.5, 0.6) is 0 Å². The zero-order chi connectivity index (χ0) is 14.9. The van der Waals surface area contributed by atoms with Gasteiger partial charge in [-0.3, -0.25) is 4.79 Å². The van der Waals surface area contributed by atoms with Gasteiger partial charge in [0.2, 0.25) is 0 Å². The average Bonchev–Trinajstić information content (AvgIpc) is 2.52. The normalized spacial score (nSPS) is 16.0. The van der Waals surface area contributed by atoms with Gasteiger partial charge in [0.1, 0.15) is 0 Å². The van der Waals surface area contributed by atoms with Crippen LogP contribution in [-0.2, 0) is 9.63 Å². The number of benzene rings is 1. The van der Waals surface area contributed by atoms with Gasteiger partial charge in [-0.05, 0) is 36.8 Å². The monoisotopic (exact) mass is 288 g/mol. The molecular formula is C17H24N2O2. The molecule has 0 saturated heterocycles. The first-order chi connectivity index (χ1) is 10.3. The Bertz CT molecular complexity index is 479. The van der Waals surface area contributed by atoms with Crippen molar-refractivity contribution in [2.24, 2.45) is 11.1 Å². The minimum absolute atomic E-state index is 0.0187. The topological polar surface area (TPSA) is 50.7 Å². The Kier molecular flexibility index (Phi) is 6.25. The molecule has 4 heteroatoms. The van der Waals surface area contributed by atoms with Gasteiger partial charge in [0, 0.05) is 6.54 Å². The molecule has 0 unspecified atom stereocenters. The fourth-order valence-electron chi connectivity index (χ4n) is 2.62. The van der Waals surface area contributed by atoms with Crippen molar-refractivity contribution in [1.29, 1.82) is 0 Å². The summed E-state index contributed by atoms with van der Waals surface area (Å²) in [4.78, 5) is 16.7. The van der Waals surface area contributed by atoms with Gasteiger partial charge < -0.3 is 10.2 Å². The highest BCUT2D eigenvalue weighted by Crippen LogP contribution is 2.22. The number of nitrogens with zero attached hydrogens (tertiary/aromatic N) is 1. The minimum atomic E-state index is -0.0949. The summed E-state index contributed by atoms with van der Waals surface area (Å²) < 4.78 is 0. The van der Waals surface area contributed by atoms with E-state index in [0.717, 1.165) is 17.7 Å². The lowest BCUT2D eigenvalue weighted by atomic mass is 9.89. The molecule has 0 radical (unpaired) electrons. The lowest BCUT2D eigenvalue weighted by Gasteiger charge is -2.21. The second-order valence-corrected chi connectivity index (χ2v) is 5.67. The van der Waals surface area contributed by atoms with Crippen LogP contribution in [0.4, 0.5) is 0 Å². The molecule has 114 valence electrons. The molecule has 1 fully saturated rings. The Morgan fingerprint density at radius 1 is 1.33 bits per heavy atom. The number of carbonyl (C=O) groups is 1. The number of hydrogen-bond acceptors (Lipinski definition) is 3. The predicted octanol–water partition coefficient (Wildman–Crippen LogP) is 3.04. The number of aryl methyl sites for hydroxylation is 1. The molecule has 0 atom stereocenters. The van der Waals surface area contributed by atoms with Gasteiger partial charge in [-0.15, -0.1) is 0 Å². The molecular weight excluding hydrogens is 264 g/mol. The van der Waals surface area contributed by atoms with Crippen molar-refractivity contribution >= 4 is 12.1 Å². The molecule has 1 aliphatic rings. The van der Waals surface area contributed by atoms with E-state index >= 15 is 0 Å². The van der Waals surface area contributed by atoms with Gasteiger partial charge in [0.15, 0.2) is 6.61 Å². The van der Waals surface area contributed by atoms with Crippen molar-refractivity contribution in [2.75, 3.05) is 13.2 Å². The van der Waals surface area contributed by atoms with Crippen molar-refractivity contribution < 1.29 is 9.63 Å². The molecule has 1 N–H and O–H groups in total. The number of oxime groups is 1. The predicted molar refractivity (Wildman–Crippen MR) is 84.3 cm³/mol. The van der Waals surface area contributed by atoms with Gasteiger partial charge in [-0.2, -0.15) is 0 Å². The van der Waals surface area contributed by atoms with E-state index in [2.05, 4.69) is 10.5 Å². The summed E-state index contributed by atoms with van der Waals surface area (Å²) in [6.07, 6.45) is 8.01. The standard InChI is InChI=1S/C17H24N2O2/c1-14-7-5-6-10-16(14)12-19-21-13-17(20)18-11-15-8-3-2-4-9-15/h5-7,10,12,15H,2-4,8-9,11,13H2,1H3,(H,18,20). The summed E-state index contributed by atoms with van der Waals surface area (Å²) >= 11 is 0. The highest BCUT2D eigenvalue weighted by molar-refractivity contribution is 5.81. The number of rotatable bonds is 6. The van der Waals surface area contributed by atoms with Crippen molar-refractivity contribution in [3.05, 3.63) is 35.4 Å². The molecule has 1 aliphatic carbocycles. The SMILES string of the molecule is Cc1ccccc1C=NOCC(=O)NCC1CCCCC1. The molecule has 1 amide bonds. The van der Waals surface area contributed by atoms with Crippen LogP contribution in [-0.4, -0.2) is 25.3 Å². The third kappa shape index (κ3) is 5.58. The van der Waals surface area contributed by atoms with Crippen molar-refractivity contribution in [3.63, 3.8) is 0 Å². The fraction of sp³-hybridized carbons (Fsp3) is 0.529. The van der Waals surface area contributed by atoms with Crippen LogP contribution in [0.25, 0.3) is 0 Å². The van der Waals surface area contributed by atoms with Crippen LogP contribution < -0.4 is 5.32 Å². The number of hydrogen-bond donors (Lipinski definition) is 1. The van der Waals surface area contributed by atoms with Crippen molar-refractivity contribution in [3.8, 4) is 0 Å². The van der Waals surface area contributed by atoms with Crippen LogP contribution in [0.1, 0.15) is 43.2 Å². The number of nitrogens with one attached hydrogen (secondary N) is 1. The fourth-order valence-corrected chi connectivity index (χ4v) is 2.62. The molecule has 21 heavy (non-hydrogen) atoms. The van der Waals surface area contributed by atoms with Crippen LogP contribution in [0, 0.1) is 12.8 Å². The van der Waals surface area contributed by atoms with Crippen LogP contribution in [0.3, 0.4) is 0 Å². The summed E-state index contributed by atoms with van der Waals surface area (Å²) in [6, 6.07) is 7.90.